The number of hydrogen-bond acceptors (Lipinski definition) is 2. The van der Waals surface area contributed by atoms with Crippen LogP contribution in [0, 0.1) is 5.92 Å². The number of benzene rings is 1. The molecule has 1 rings (SSSR count). The highest BCUT2D eigenvalue weighted by atomic mass is 19.4. The van der Waals surface area contributed by atoms with E-state index >= 15 is 0 Å². The van der Waals surface area contributed by atoms with Gasteiger partial charge in [0.2, 0.25) is 0 Å². The van der Waals surface area contributed by atoms with E-state index in [0.717, 1.165) is 18.9 Å². The summed E-state index contributed by atoms with van der Waals surface area (Å²) in [6.45, 7) is 3.90. The Bertz CT molecular complexity index is 377. The first-order chi connectivity index (χ1) is 8.41. The first-order valence-electron chi connectivity index (χ1n) is 6.04. The van der Waals surface area contributed by atoms with Crippen LogP contribution in [-0.4, -0.2) is 0 Å². The predicted octanol–water partition coefficient (Wildman–Crippen LogP) is 3.65. The zero-order valence-corrected chi connectivity index (χ0v) is 10.6. The SMILES string of the molecule is CCCC(C)C(NN)c1ccccc1C(F)(F)F. The number of alkyl halides is 3. The predicted molar refractivity (Wildman–Crippen MR) is 65.6 cm³/mol. The first kappa shape index (κ1) is 15.0. The van der Waals surface area contributed by atoms with E-state index in [-0.39, 0.29) is 11.5 Å². The number of nitrogens with two attached hydrogens (primary N) is 1. The molecule has 0 heterocycles. The van der Waals surface area contributed by atoms with Crippen LogP contribution in [0.15, 0.2) is 24.3 Å². The van der Waals surface area contributed by atoms with Crippen LogP contribution in [0.5, 0.6) is 0 Å². The molecule has 0 amide bonds. The third-order valence-electron chi connectivity index (χ3n) is 3.09. The second-order valence-corrected chi connectivity index (χ2v) is 4.50. The van der Waals surface area contributed by atoms with Crippen LogP contribution < -0.4 is 11.3 Å². The molecule has 0 radical (unpaired) electrons. The van der Waals surface area contributed by atoms with Crippen LogP contribution in [0.4, 0.5) is 13.2 Å². The van der Waals surface area contributed by atoms with Gasteiger partial charge < -0.3 is 0 Å². The number of halogens is 3. The molecule has 2 nitrogen and oxygen atoms in total. The smallest absolute Gasteiger partial charge is 0.271 e. The Morgan fingerprint density at radius 1 is 1.28 bits per heavy atom. The summed E-state index contributed by atoms with van der Waals surface area (Å²) in [7, 11) is 0. The molecular weight excluding hydrogens is 241 g/mol. The fraction of sp³-hybridized carbons (Fsp3) is 0.538. The molecule has 102 valence electrons. The van der Waals surface area contributed by atoms with Crippen molar-refractivity contribution in [2.75, 3.05) is 0 Å². The number of hydrogen-bond donors (Lipinski definition) is 2. The molecule has 18 heavy (non-hydrogen) atoms. The Morgan fingerprint density at radius 3 is 2.39 bits per heavy atom. The molecule has 0 aliphatic carbocycles. The molecule has 2 atom stereocenters. The quantitative estimate of drug-likeness (QED) is 0.626. The first-order valence-corrected chi connectivity index (χ1v) is 6.04. The lowest BCUT2D eigenvalue weighted by atomic mass is 9.88. The average molecular weight is 260 g/mol. The zero-order chi connectivity index (χ0) is 13.8. The molecule has 3 N–H and O–H groups in total. The average Bonchev–Trinajstić information content (AvgIpc) is 2.29. The van der Waals surface area contributed by atoms with Gasteiger partial charge in [0.05, 0.1) is 5.56 Å². The van der Waals surface area contributed by atoms with E-state index in [1.807, 2.05) is 13.8 Å². The Labute approximate surface area is 105 Å². The highest BCUT2D eigenvalue weighted by Crippen LogP contribution is 2.37. The topological polar surface area (TPSA) is 38.0 Å². The largest absolute Gasteiger partial charge is 0.416 e. The maximum absolute atomic E-state index is 12.9. The third-order valence-corrected chi connectivity index (χ3v) is 3.09. The van der Waals surface area contributed by atoms with E-state index in [2.05, 4.69) is 5.43 Å². The molecule has 0 saturated heterocycles. The summed E-state index contributed by atoms with van der Waals surface area (Å²) < 4.78 is 38.8. The molecule has 0 bridgehead atoms. The molecule has 5 heteroatoms. The molecule has 1 aromatic carbocycles. The van der Waals surface area contributed by atoms with Gasteiger partial charge in [-0.05, 0) is 24.0 Å². The summed E-state index contributed by atoms with van der Waals surface area (Å²) in [4.78, 5) is 0. The fourth-order valence-electron chi connectivity index (χ4n) is 2.21. The van der Waals surface area contributed by atoms with Crippen molar-refractivity contribution < 1.29 is 13.2 Å². The van der Waals surface area contributed by atoms with Crippen LogP contribution in [0.2, 0.25) is 0 Å². The van der Waals surface area contributed by atoms with Crippen molar-refractivity contribution in [1.82, 2.24) is 5.43 Å². The monoisotopic (exact) mass is 260 g/mol. The van der Waals surface area contributed by atoms with Crippen molar-refractivity contribution in [2.45, 2.75) is 38.9 Å². The lowest BCUT2D eigenvalue weighted by molar-refractivity contribution is -0.138. The van der Waals surface area contributed by atoms with Crippen LogP contribution in [-0.2, 0) is 6.18 Å². The van der Waals surface area contributed by atoms with Crippen LogP contribution in [0.1, 0.15) is 43.9 Å². The van der Waals surface area contributed by atoms with Gasteiger partial charge in [-0.3, -0.25) is 11.3 Å². The van der Waals surface area contributed by atoms with E-state index in [9.17, 15) is 13.2 Å². The van der Waals surface area contributed by atoms with Gasteiger partial charge in [0.25, 0.3) is 0 Å². The molecule has 0 fully saturated rings. The maximum atomic E-state index is 12.9. The fourth-order valence-corrected chi connectivity index (χ4v) is 2.21. The van der Waals surface area contributed by atoms with Crippen molar-refractivity contribution in [3.63, 3.8) is 0 Å². The van der Waals surface area contributed by atoms with Crippen molar-refractivity contribution >= 4 is 0 Å². The van der Waals surface area contributed by atoms with E-state index in [1.165, 1.54) is 12.1 Å². The minimum absolute atomic E-state index is 0.0449. The van der Waals surface area contributed by atoms with Gasteiger partial charge in [-0.1, -0.05) is 38.5 Å². The van der Waals surface area contributed by atoms with E-state index in [1.54, 1.807) is 6.07 Å². The highest BCUT2D eigenvalue weighted by molar-refractivity contribution is 5.32. The van der Waals surface area contributed by atoms with Gasteiger partial charge in [-0.25, -0.2) is 0 Å². The minimum atomic E-state index is -4.35. The van der Waals surface area contributed by atoms with E-state index < -0.39 is 17.8 Å². The molecule has 0 aromatic heterocycles. The minimum Gasteiger partial charge on any atom is -0.271 e. The Hall–Kier alpha value is -1.07. The summed E-state index contributed by atoms with van der Waals surface area (Å²) in [6, 6.07) is 5.10. The number of nitrogens with one attached hydrogen (secondary N) is 1. The lowest BCUT2D eigenvalue weighted by Gasteiger charge is -2.26. The summed E-state index contributed by atoms with van der Waals surface area (Å²) >= 11 is 0. The van der Waals surface area contributed by atoms with Gasteiger partial charge in [0, 0.05) is 6.04 Å². The van der Waals surface area contributed by atoms with Crippen molar-refractivity contribution in [2.24, 2.45) is 11.8 Å². The van der Waals surface area contributed by atoms with Crippen molar-refractivity contribution in [1.29, 1.82) is 0 Å². The Kier molecular flexibility index (Phi) is 5.16. The molecule has 0 spiro atoms. The van der Waals surface area contributed by atoms with E-state index in [4.69, 9.17) is 5.84 Å². The summed E-state index contributed by atoms with van der Waals surface area (Å²) in [5.74, 6) is 5.48. The second kappa shape index (κ2) is 6.20. The van der Waals surface area contributed by atoms with Gasteiger partial charge in [-0.2, -0.15) is 13.2 Å². The summed E-state index contributed by atoms with van der Waals surface area (Å²) in [5, 5.41) is 0. The van der Waals surface area contributed by atoms with Crippen LogP contribution in [0.25, 0.3) is 0 Å². The van der Waals surface area contributed by atoms with Gasteiger partial charge >= 0.3 is 6.18 Å². The third kappa shape index (κ3) is 3.46. The van der Waals surface area contributed by atoms with Gasteiger partial charge in [0.1, 0.15) is 0 Å². The molecule has 1 aromatic rings. The molecule has 0 aliphatic rings. The van der Waals surface area contributed by atoms with Gasteiger partial charge in [-0.15, -0.1) is 0 Å². The zero-order valence-electron chi connectivity index (χ0n) is 10.6. The summed E-state index contributed by atoms with van der Waals surface area (Å²) in [5.41, 5.74) is 2.12. The van der Waals surface area contributed by atoms with Crippen LogP contribution >= 0.6 is 0 Å². The molecule has 0 saturated carbocycles. The maximum Gasteiger partial charge on any atom is 0.416 e. The normalized spacial score (nSPS) is 15.4. The number of hydrazine groups is 1. The summed E-state index contributed by atoms with van der Waals surface area (Å²) in [6.07, 6.45) is -2.62. The lowest BCUT2D eigenvalue weighted by Crippen LogP contribution is -2.34. The van der Waals surface area contributed by atoms with E-state index in [0.29, 0.717) is 0 Å². The second-order valence-electron chi connectivity index (χ2n) is 4.50. The molecule has 0 aliphatic heterocycles. The Balaban J connectivity index is 3.13. The number of rotatable bonds is 5. The van der Waals surface area contributed by atoms with Crippen molar-refractivity contribution in [3.05, 3.63) is 35.4 Å². The van der Waals surface area contributed by atoms with Crippen molar-refractivity contribution in [3.8, 4) is 0 Å². The molecular formula is C13H19F3N2. The Morgan fingerprint density at radius 2 is 1.89 bits per heavy atom. The standard InChI is InChI=1S/C13H19F3N2/c1-3-6-9(2)12(18-17)10-7-4-5-8-11(10)13(14,15)16/h4-5,7-9,12,18H,3,6,17H2,1-2H3. The van der Waals surface area contributed by atoms with Gasteiger partial charge in [0.15, 0.2) is 0 Å². The van der Waals surface area contributed by atoms with Crippen LogP contribution in [0.3, 0.4) is 0 Å². The highest BCUT2D eigenvalue weighted by Gasteiger charge is 2.35. The molecule has 2 unspecified atom stereocenters.